The van der Waals surface area contributed by atoms with Gasteiger partial charge in [-0.25, -0.2) is 9.78 Å². The lowest BCUT2D eigenvalue weighted by Gasteiger charge is -2.16. The van der Waals surface area contributed by atoms with Gasteiger partial charge < -0.3 is 5.32 Å². The molecular formula is C23H24N4O3S. The quantitative estimate of drug-likeness (QED) is 0.472. The molecule has 1 aromatic heterocycles. The molecule has 0 spiro atoms. The van der Waals surface area contributed by atoms with Crippen molar-refractivity contribution in [1.29, 1.82) is 0 Å². The summed E-state index contributed by atoms with van der Waals surface area (Å²) in [4.78, 5) is 43.5. The molecule has 1 aliphatic heterocycles. The molecule has 3 amide bonds. The van der Waals surface area contributed by atoms with Crippen LogP contribution in [-0.4, -0.2) is 45.2 Å². The average molecular weight is 437 g/mol. The molecule has 31 heavy (non-hydrogen) atoms. The normalized spacial score (nSPS) is 14.6. The van der Waals surface area contributed by atoms with Crippen LogP contribution < -0.4 is 10.9 Å². The van der Waals surface area contributed by atoms with Gasteiger partial charge in [0.15, 0.2) is 5.16 Å². The van der Waals surface area contributed by atoms with Crippen LogP contribution in [0.5, 0.6) is 0 Å². The predicted octanol–water partition coefficient (Wildman–Crippen LogP) is 3.54. The number of imide groups is 1. The van der Waals surface area contributed by atoms with E-state index in [-0.39, 0.29) is 23.3 Å². The van der Waals surface area contributed by atoms with E-state index in [9.17, 15) is 14.4 Å². The second kappa shape index (κ2) is 8.93. The molecule has 0 radical (unpaired) electrons. The van der Waals surface area contributed by atoms with Crippen LogP contribution in [0.1, 0.15) is 31.7 Å². The third kappa shape index (κ3) is 4.20. The van der Waals surface area contributed by atoms with Crippen LogP contribution in [0.4, 0.5) is 4.79 Å². The summed E-state index contributed by atoms with van der Waals surface area (Å²) < 4.78 is 1.55. The molecule has 1 fully saturated rings. The van der Waals surface area contributed by atoms with Crippen molar-refractivity contribution in [2.45, 2.75) is 31.3 Å². The van der Waals surface area contributed by atoms with Crippen LogP contribution in [0.2, 0.25) is 0 Å². The lowest BCUT2D eigenvalue weighted by atomic mass is 9.98. The standard InChI is InChI=1S/C23H24N4O3S/c1-3-15(2)16-8-10-17(11-9-16)27-21(29)18-6-4-5-7-19(18)25-23(27)31-14-20(28)26-13-12-24-22(26)30/h4-11,15H,3,12-14H2,1-2H3,(H,24,30)/t15-/m0/s1. The van der Waals surface area contributed by atoms with E-state index in [1.54, 1.807) is 16.7 Å². The third-order valence-corrected chi connectivity index (χ3v) is 6.48. The Balaban J connectivity index is 1.72. The van der Waals surface area contributed by atoms with Crippen molar-refractivity contribution < 1.29 is 9.59 Å². The maximum absolute atomic E-state index is 13.3. The molecule has 0 bridgehead atoms. The molecule has 3 aromatic rings. The molecular weight excluding hydrogens is 412 g/mol. The Morgan fingerprint density at radius 3 is 2.58 bits per heavy atom. The van der Waals surface area contributed by atoms with Crippen molar-refractivity contribution in [3.05, 3.63) is 64.4 Å². The summed E-state index contributed by atoms with van der Waals surface area (Å²) >= 11 is 1.16. The molecule has 1 saturated heterocycles. The number of fused-ring (bicyclic) bond motifs is 1. The summed E-state index contributed by atoms with van der Waals surface area (Å²) in [7, 11) is 0. The van der Waals surface area contributed by atoms with Crippen LogP contribution in [0.25, 0.3) is 16.6 Å². The second-order valence-corrected chi connectivity index (χ2v) is 8.46. The zero-order valence-electron chi connectivity index (χ0n) is 17.5. The van der Waals surface area contributed by atoms with E-state index in [4.69, 9.17) is 0 Å². The molecule has 1 atom stereocenters. The number of amides is 3. The number of carbonyl (C=O) groups excluding carboxylic acids is 2. The molecule has 2 heterocycles. The number of rotatable bonds is 6. The first-order chi connectivity index (χ1) is 15.0. The molecule has 0 saturated carbocycles. The highest BCUT2D eigenvalue weighted by atomic mass is 32.2. The molecule has 2 aromatic carbocycles. The summed E-state index contributed by atoms with van der Waals surface area (Å²) in [5.74, 6) is 0.142. The van der Waals surface area contributed by atoms with Gasteiger partial charge in [0.05, 0.1) is 22.3 Å². The van der Waals surface area contributed by atoms with Gasteiger partial charge in [0, 0.05) is 13.1 Å². The number of aromatic nitrogens is 2. The third-order valence-electron chi connectivity index (χ3n) is 5.56. The molecule has 0 unspecified atom stereocenters. The molecule has 4 rings (SSSR count). The first kappa shape index (κ1) is 21.1. The van der Waals surface area contributed by atoms with Crippen LogP contribution in [0.15, 0.2) is 58.5 Å². The van der Waals surface area contributed by atoms with Crippen LogP contribution in [0, 0.1) is 0 Å². The number of thioether (sulfide) groups is 1. The van der Waals surface area contributed by atoms with Gasteiger partial charge in [0.1, 0.15) is 0 Å². The van der Waals surface area contributed by atoms with Crippen LogP contribution in [-0.2, 0) is 4.79 Å². The van der Waals surface area contributed by atoms with E-state index in [1.165, 1.54) is 10.5 Å². The summed E-state index contributed by atoms with van der Waals surface area (Å²) in [6.45, 7) is 5.12. The fraction of sp³-hybridized carbons (Fsp3) is 0.304. The molecule has 0 aliphatic carbocycles. The average Bonchev–Trinajstić information content (AvgIpc) is 3.23. The molecule has 7 nitrogen and oxygen atoms in total. The van der Waals surface area contributed by atoms with Crippen molar-refractivity contribution in [1.82, 2.24) is 19.8 Å². The monoisotopic (exact) mass is 436 g/mol. The minimum absolute atomic E-state index is 0.0170. The Bertz CT molecular complexity index is 1190. The van der Waals surface area contributed by atoms with Gasteiger partial charge in [-0.3, -0.25) is 19.1 Å². The Labute approximate surface area is 184 Å². The largest absolute Gasteiger partial charge is 0.336 e. The number of nitrogens with one attached hydrogen (secondary N) is 1. The van der Waals surface area contributed by atoms with Crippen molar-refractivity contribution in [2.75, 3.05) is 18.8 Å². The maximum atomic E-state index is 13.3. The summed E-state index contributed by atoms with van der Waals surface area (Å²) in [6.07, 6.45) is 1.03. The predicted molar refractivity (Wildman–Crippen MR) is 122 cm³/mol. The van der Waals surface area contributed by atoms with Crippen molar-refractivity contribution in [3.8, 4) is 5.69 Å². The van der Waals surface area contributed by atoms with Crippen molar-refractivity contribution >= 4 is 34.6 Å². The zero-order valence-corrected chi connectivity index (χ0v) is 18.3. The van der Waals surface area contributed by atoms with E-state index < -0.39 is 0 Å². The number of nitrogens with zero attached hydrogens (tertiary/aromatic N) is 3. The Morgan fingerprint density at radius 1 is 1.16 bits per heavy atom. The fourth-order valence-corrected chi connectivity index (χ4v) is 4.43. The summed E-state index contributed by atoms with van der Waals surface area (Å²) in [6, 6.07) is 14.7. The first-order valence-corrected chi connectivity index (χ1v) is 11.3. The fourth-order valence-electron chi connectivity index (χ4n) is 3.54. The highest BCUT2D eigenvalue weighted by Crippen LogP contribution is 2.24. The second-order valence-electron chi connectivity index (χ2n) is 7.52. The number of benzene rings is 2. The van der Waals surface area contributed by atoms with Gasteiger partial charge in [-0.05, 0) is 42.2 Å². The maximum Gasteiger partial charge on any atom is 0.324 e. The number of hydrogen-bond donors (Lipinski definition) is 1. The summed E-state index contributed by atoms with van der Waals surface area (Å²) in [5, 5.41) is 3.57. The summed E-state index contributed by atoms with van der Waals surface area (Å²) in [5.41, 5.74) is 2.30. The van der Waals surface area contributed by atoms with Gasteiger partial charge in [-0.2, -0.15) is 0 Å². The van der Waals surface area contributed by atoms with E-state index in [2.05, 4.69) is 24.1 Å². The highest BCUT2D eigenvalue weighted by Gasteiger charge is 2.26. The first-order valence-electron chi connectivity index (χ1n) is 10.3. The van der Waals surface area contributed by atoms with Gasteiger partial charge >= 0.3 is 6.03 Å². The van der Waals surface area contributed by atoms with Gasteiger partial charge in [0.25, 0.3) is 5.56 Å². The number of para-hydroxylation sites is 1. The minimum atomic E-state index is -0.380. The topological polar surface area (TPSA) is 84.3 Å². The van der Waals surface area contributed by atoms with Gasteiger partial charge in [-0.15, -0.1) is 0 Å². The molecule has 8 heteroatoms. The SMILES string of the molecule is CC[C@H](C)c1ccc(-n2c(SCC(=O)N3CCNC3=O)nc3ccccc3c2=O)cc1. The zero-order chi connectivity index (χ0) is 22.0. The van der Waals surface area contributed by atoms with Crippen molar-refractivity contribution in [3.63, 3.8) is 0 Å². The van der Waals surface area contributed by atoms with Gasteiger partial charge in [0.2, 0.25) is 5.91 Å². The number of hydrogen-bond acceptors (Lipinski definition) is 5. The molecule has 160 valence electrons. The number of urea groups is 1. The van der Waals surface area contributed by atoms with E-state index >= 15 is 0 Å². The van der Waals surface area contributed by atoms with E-state index in [0.717, 1.165) is 18.2 Å². The van der Waals surface area contributed by atoms with E-state index in [1.807, 2.05) is 36.4 Å². The van der Waals surface area contributed by atoms with Crippen molar-refractivity contribution in [2.24, 2.45) is 0 Å². The minimum Gasteiger partial charge on any atom is -0.336 e. The Hall–Kier alpha value is -3.13. The van der Waals surface area contributed by atoms with E-state index in [0.29, 0.717) is 40.8 Å². The number of carbonyl (C=O) groups is 2. The Morgan fingerprint density at radius 2 is 1.90 bits per heavy atom. The molecule has 1 N–H and O–H groups in total. The lowest BCUT2D eigenvalue weighted by Crippen LogP contribution is -2.35. The molecule has 1 aliphatic rings. The highest BCUT2D eigenvalue weighted by molar-refractivity contribution is 7.99. The lowest BCUT2D eigenvalue weighted by molar-refractivity contribution is -0.124. The van der Waals surface area contributed by atoms with Crippen LogP contribution >= 0.6 is 11.8 Å². The van der Waals surface area contributed by atoms with Crippen LogP contribution in [0.3, 0.4) is 0 Å². The van der Waals surface area contributed by atoms with Gasteiger partial charge in [-0.1, -0.05) is 49.9 Å². The Kier molecular flexibility index (Phi) is 6.08. The smallest absolute Gasteiger partial charge is 0.324 e.